The number of ether oxygens (including phenoxy) is 1. The van der Waals surface area contributed by atoms with E-state index in [9.17, 15) is 4.79 Å². The summed E-state index contributed by atoms with van der Waals surface area (Å²) < 4.78 is 6.94. The molecule has 1 aliphatic heterocycles. The number of aryl methyl sites for hydroxylation is 1. The molecule has 4 aromatic rings. The van der Waals surface area contributed by atoms with Crippen LogP contribution in [0.4, 0.5) is 17.3 Å². The van der Waals surface area contributed by atoms with Gasteiger partial charge in [0.1, 0.15) is 5.69 Å². The number of carbonyl (C=O) groups excluding carboxylic acids is 1. The summed E-state index contributed by atoms with van der Waals surface area (Å²) in [6.45, 7) is 5.60. The first-order valence-electron chi connectivity index (χ1n) is 12.0. The molecule has 1 aromatic carbocycles. The van der Waals surface area contributed by atoms with E-state index in [0.717, 1.165) is 42.6 Å². The lowest BCUT2D eigenvalue weighted by Gasteiger charge is -2.35. The lowest BCUT2D eigenvalue weighted by atomic mass is 10.1. The number of fused-ring (bicyclic) bond motifs is 1. The molecule has 11 nitrogen and oxygen atoms in total. The molecule has 0 radical (unpaired) electrons. The van der Waals surface area contributed by atoms with E-state index in [4.69, 9.17) is 16.3 Å². The van der Waals surface area contributed by atoms with Gasteiger partial charge in [0.25, 0.3) is 5.88 Å². The second-order valence-electron chi connectivity index (χ2n) is 9.18. The molecule has 0 saturated carbocycles. The van der Waals surface area contributed by atoms with Crippen molar-refractivity contribution in [1.82, 2.24) is 34.5 Å². The molecule has 5 rings (SSSR count). The van der Waals surface area contributed by atoms with Gasteiger partial charge >= 0.3 is 0 Å². The van der Waals surface area contributed by atoms with Crippen LogP contribution in [0.15, 0.2) is 36.8 Å². The predicted molar refractivity (Wildman–Crippen MR) is 145 cm³/mol. The number of anilines is 3. The molecule has 1 saturated heterocycles. The van der Waals surface area contributed by atoms with Crippen LogP contribution < -0.4 is 15.4 Å². The number of piperazine rings is 1. The summed E-state index contributed by atoms with van der Waals surface area (Å²) in [7, 11) is 5.45. The van der Waals surface area contributed by atoms with Crippen LogP contribution in [0.5, 0.6) is 5.88 Å². The maximum Gasteiger partial charge on any atom is 0.256 e. The second-order valence-corrected chi connectivity index (χ2v) is 9.58. The van der Waals surface area contributed by atoms with Gasteiger partial charge in [-0.1, -0.05) is 23.7 Å². The van der Waals surface area contributed by atoms with E-state index in [2.05, 4.69) is 47.5 Å². The third-order valence-corrected chi connectivity index (χ3v) is 6.95. The minimum Gasteiger partial charge on any atom is -0.478 e. The van der Waals surface area contributed by atoms with E-state index in [-0.39, 0.29) is 11.9 Å². The number of aromatic nitrogens is 5. The van der Waals surface area contributed by atoms with Gasteiger partial charge in [-0.05, 0) is 20.0 Å². The number of halogens is 1. The Morgan fingerprint density at radius 3 is 2.73 bits per heavy atom. The Hall–Kier alpha value is -3.67. The Balaban J connectivity index is 1.40. The number of carbonyl (C=O) groups is 1. The monoisotopic (exact) mass is 523 g/mol. The standard InChI is InChI=1S/C25H30ClN9O2/c1-15(35-10-8-33(2)9-11-35)23(36)29-19-7-5-6-16-17(12-27-22(16)19)21-18(26)13-28-25(31-21)30-20-14-34(3)32-24(20)37-4/h5-7,12-15,27H,8-11H2,1-4H3,(H,29,36)(H,28,30,31). The molecule has 37 heavy (non-hydrogen) atoms. The number of amides is 1. The van der Waals surface area contributed by atoms with Crippen molar-refractivity contribution in [2.75, 3.05) is 51.0 Å². The van der Waals surface area contributed by atoms with E-state index in [0.29, 0.717) is 33.9 Å². The number of benzene rings is 1. The molecule has 1 unspecified atom stereocenters. The topological polar surface area (TPSA) is 116 Å². The fourth-order valence-electron chi connectivity index (χ4n) is 4.51. The van der Waals surface area contributed by atoms with E-state index in [1.54, 1.807) is 31.2 Å². The number of para-hydroxylation sites is 1. The van der Waals surface area contributed by atoms with Crippen LogP contribution in [0, 0.1) is 0 Å². The number of hydrogen-bond acceptors (Lipinski definition) is 8. The van der Waals surface area contributed by atoms with Crippen molar-refractivity contribution in [2.24, 2.45) is 7.05 Å². The Kier molecular flexibility index (Phi) is 7.00. The zero-order valence-corrected chi connectivity index (χ0v) is 22.0. The second kappa shape index (κ2) is 10.4. The van der Waals surface area contributed by atoms with Crippen molar-refractivity contribution >= 4 is 45.7 Å². The predicted octanol–water partition coefficient (Wildman–Crippen LogP) is 3.34. The molecule has 0 bridgehead atoms. The maximum atomic E-state index is 13.1. The van der Waals surface area contributed by atoms with Crippen LogP contribution in [-0.4, -0.2) is 86.8 Å². The smallest absolute Gasteiger partial charge is 0.256 e. The third kappa shape index (κ3) is 5.10. The van der Waals surface area contributed by atoms with Crippen LogP contribution in [0.3, 0.4) is 0 Å². The minimum atomic E-state index is -0.229. The van der Waals surface area contributed by atoms with Crippen LogP contribution in [0.2, 0.25) is 5.02 Å². The highest BCUT2D eigenvalue weighted by molar-refractivity contribution is 6.33. The summed E-state index contributed by atoms with van der Waals surface area (Å²) in [5.41, 5.74) is 3.50. The van der Waals surface area contributed by atoms with Gasteiger partial charge < -0.3 is 25.3 Å². The highest BCUT2D eigenvalue weighted by Gasteiger charge is 2.25. The molecule has 0 aliphatic carbocycles. The Morgan fingerprint density at radius 1 is 1.19 bits per heavy atom. The first-order valence-corrected chi connectivity index (χ1v) is 12.4. The van der Waals surface area contributed by atoms with Gasteiger partial charge in [0.05, 0.1) is 47.5 Å². The summed E-state index contributed by atoms with van der Waals surface area (Å²) in [6.07, 6.45) is 5.17. The summed E-state index contributed by atoms with van der Waals surface area (Å²) in [5, 5.41) is 11.8. The SMILES string of the molecule is COc1nn(C)cc1Nc1ncc(Cl)c(-c2c[nH]c3c(NC(=O)C(C)N4CCN(C)CC4)cccc23)n1. The van der Waals surface area contributed by atoms with Gasteiger partial charge in [-0.15, -0.1) is 5.10 Å². The molecule has 12 heteroatoms. The zero-order chi connectivity index (χ0) is 26.1. The normalized spacial score (nSPS) is 15.6. The fourth-order valence-corrected chi connectivity index (χ4v) is 4.70. The van der Waals surface area contributed by atoms with Gasteiger partial charge in [-0.25, -0.2) is 9.97 Å². The lowest BCUT2D eigenvalue weighted by Crippen LogP contribution is -2.51. The average Bonchev–Trinajstić information content (AvgIpc) is 3.48. The van der Waals surface area contributed by atoms with Crippen molar-refractivity contribution in [1.29, 1.82) is 0 Å². The zero-order valence-electron chi connectivity index (χ0n) is 21.2. The van der Waals surface area contributed by atoms with Gasteiger partial charge in [-0.2, -0.15) is 0 Å². The van der Waals surface area contributed by atoms with Crippen molar-refractivity contribution in [3.05, 3.63) is 41.8 Å². The number of likely N-dealkylation sites (N-methyl/N-ethyl adjacent to an activating group) is 1. The largest absolute Gasteiger partial charge is 0.478 e. The molecular weight excluding hydrogens is 494 g/mol. The molecular formula is C25H30ClN9O2. The van der Waals surface area contributed by atoms with Crippen molar-refractivity contribution in [2.45, 2.75) is 13.0 Å². The highest BCUT2D eigenvalue weighted by atomic mass is 35.5. The van der Waals surface area contributed by atoms with Crippen LogP contribution in [-0.2, 0) is 11.8 Å². The molecule has 1 aliphatic rings. The van der Waals surface area contributed by atoms with Crippen molar-refractivity contribution < 1.29 is 9.53 Å². The van der Waals surface area contributed by atoms with Crippen LogP contribution in [0.1, 0.15) is 6.92 Å². The van der Waals surface area contributed by atoms with Gasteiger partial charge in [0.2, 0.25) is 11.9 Å². The number of methoxy groups -OCH3 is 1. The molecule has 0 spiro atoms. The highest BCUT2D eigenvalue weighted by Crippen LogP contribution is 2.35. The van der Waals surface area contributed by atoms with Gasteiger partial charge in [0.15, 0.2) is 0 Å². The van der Waals surface area contributed by atoms with E-state index < -0.39 is 0 Å². The molecule has 1 amide bonds. The first kappa shape index (κ1) is 25.0. The lowest BCUT2D eigenvalue weighted by molar-refractivity contribution is -0.121. The van der Waals surface area contributed by atoms with E-state index >= 15 is 0 Å². The van der Waals surface area contributed by atoms with Crippen molar-refractivity contribution in [3.63, 3.8) is 0 Å². The number of nitrogens with zero attached hydrogens (tertiary/aromatic N) is 6. The maximum absolute atomic E-state index is 13.1. The fraction of sp³-hybridized carbons (Fsp3) is 0.360. The molecule has 3 aromatic heterocycles. The van der Waals surface area contributed by atoms with Crippen LogP contribution >= 0.6 is 11.6 Å². The Labute approximate surface area is 219 Å². The molecule has 3 N–H and O–H groups in total. The van der Waals surface area contributed by atoms with Crippen molar-refractivity contribution in [3.8, 4) is 17.1 Å². The Bertz CT molecular complexity index is 1430. The number of rotatable bonds is 7. The van der Waals surface area contributed by atoms with E-state index in [1.807, 2.05) is 31.3 Å². The van der Waals surface area contributed by atoms with Crippen LogP contribution in [0.25, 0.3) is 22.2 Å². The summed E-state index contributed by atoms with van der Waals surface area (Å²) in [5.74, 6) is 0.747. The molecule has 1 fully saturated rings. The van der Waals surface area contributed by atoms with Gasteiger partial charge in [0, 0.05) is 50.4 Å². The first-order chi connectivity index (χ1) is 17.8. The quantitative estimate of drug-likeness (QED) is 0.338. The summed E-state index contributed by atoms with van der Waals surface area (Å²) in [6, 6.07) is 5.54. The molecule has 4 heterocycles. The number of nitrogens with one attached hydrogen (secondary N) is 3. The third-order valence-electron chi connectivity index (χ3n) is 6.67. The Morgan fingerprint density at radius 2 is 1.97 bits per heavy atom. The van der Waals surface area contributed by atoms with E-state index in [1.165, 1.54) is 0 Å². The molecule has 1 atom stereocenters. The number of hydrogen-bond donors (Lipinski definition) is 3. The minimum absolute atomic E-state index is 0.0369. The number of H-pyrrole nitrogens is 1. The molecule has 194 valence electrons. The van der Waals surface area contributed by atoms with Gasteiger partial charge in [-0.3, -0.25) is 14.4 Å². The average molecular weight is 524 g/mol. The number of aromatic amines is 1. The summed E-state index contributed by atoms with van der Waals surface area (Å²) in [4.78, 5) is 29.8. The summed E-state index contributed by atoms with van der Waals surface area (Å²) >= 11 is 6.53.